The summed E-state index contributed by atoms with van der Waals surface area (Å²) in [6, 6.07) is 11.3. The molecule has 4 rings (SSSR count). The van der Waals surface area contributed by atoms with E-state index in [0.717, 1.165) is 12.1 Å². The van der Waals surface area contributed by atoms with Crippen LogP contribution in [0.3, 0.4) is 0 Å². The van der Waals surface area contributed by atoms with Gasteiger partial charge in [0.15, 0.2) is 11.5 Å². The number of rotatable bonds is 6. The Labute approximate surface area is 181 Å². The van der Waals surface area contributed by atoms with Gasteiger partial charge < -0.3 is 18.9 Å². The summed E-state index contributed by atoms with van der Waals surface area (Å²) in [5, 5.41) is 0. The fourth-order valence-electron chi connectivity index (χ4n) is 4.23. The van der Waals surface area contributed by atoms with Gasteiger partial charge in [0.25, 0.3) is 0 Å². The SMILES string of the molecule is CCc1ccc(N2C(=O)C[C@@H](c3cc(OC)c(OC)cc3OC)C3=C2COC3=O)cc1. The molecule has 0 fully saturated rings. The molecule has 0 N–H and O–H groups in total. The lowest BCUT2D eigenvalue weighted by Gasteiger charge is -2.32. The maximum atomic E-state index is 13.3. The molecule has 31 heavy (non-hydrogen) atoms. The first kappa shape index (κ1) is 20.8. The van der Waals surface area contributed by atoms with E-state index in [0.29, 0.717) is 34.1 Å². The topological polar surface area (TPSA) is 74.3 Å². The number of esters is 1. The van der Waals surface area contributed by atoms with Gasteiger partial charge in [-0.3, -0.25) is 9.69 Å². The minimum Gasteiger partial charge on any atom is -0.496 e. The van der Waals surface area contributed by atoms with Crippen molar-refractivity contribution in [3.8, 4) is 17.2 Å². The second-order valence-electron chi connectivity index (χ2n) is 7.39. The molecule has 0 bridgehead atoms. The Morgan fingerprint density at radius 2 is 1.61 bits per heavy atom. The van der Waals surface area contributed by atoms with Crippen LogP contribution >= 0.6 is 0 Å². The van der Waals surface area contributed by atoms with Gasteiger partial charge in [0.2, 0.25) is 5.91 Å². The van der Waals surface area contributed by atoms with Crippen molar-refractivity contribution in [3.63, 3.8) is 0 Å². The van der Waals surface area contributed by atoms with Crippen molar-refractivity contribution in [3.05, 3.63) is 58.8 Å². The first-order valence-electron chi connectivity index (χ1n) is 10.1. The molecule has 0 aliphatic carbocycles. The maximum absolute atomic E-state index is 13.3. The minimum absolute atomic E-state index is 0.0571. The quantitative estimate of drug-likeness (QED) is 0.661. The second kappa shape index (κ2) is 8.34. The van der Waals surface area contributed by atoms with Crippen LogP contribution < -0.4 is 19.1 Å². The van der Waals surface area contributed by atoms with E-state index in [1.165, 1.54) is 19.8 Å². The van der Waals surface area contributed by atoms with Crippen molar-refractivity contribution < 1.29 is 28.5 Å². The van der Waals surface area contributed by atoms with E-state index in [4.69, 9.17) is 18.9 Å². The number of benzene rings is 2. The van der Waals surface area contributed by atoms with Gasteiger partial charge in [-0.25, -0.2) is 4.79 Å². The predicted octanol–water partition coefficient (Wildman–Crippen LogP) is 3.61. The van der Waals surface area contributed by atoms with Gasteiger partial charge in [-0.1, -0.05) is 19.1 Å². The minimum atomic E-state index is -0.501. The number of methoxy groups -OCH3 is 3. The number of aryl methyl sites for hydroxylation is 1. The van der Waals surface area contributed by atoms with Gasteiger partial charge in [0, 0.05) is 29.7 Å². The highest BCUT2D eigenvalue weighted by molar-refractivity contribution is 6.06. The molecule has 7 nitrogen and oxygen atoms in total. The number of ether oxygens (including phenoxy) is 4. The highest BCUT2D eigenvalue weighted by atomic mass is 16.5. The van der Waals surface area contributed by atoms with Gasteiger partial charge in [-0.05, 0) is 30.2 Å². The molecular weight excluding hydrogens is 398 g/mol. The van der Waals surface area contributed by atoms with Crippen LogP contribution in [0.4, 0.5) is 5.69 Å². The maximum Gasteiger partial charge on any atom is 0.336 e. The van der Waals surface area contributed by atoms with Crippen LogP contribution in [0.15, 0.2) is 47.7 Å². The highest BCUT2D eigenvalue weighted by Crippen LogP contribution is 2.47. The Morgan fingerprint density at radius 3 is 2.23 bits per heavy atom. The van der Waals surface area contributed by atoms with E-state index in [2.05, 4.69) is 6.92 Å². The lowest BCUT2D eigenvalue weighted by Crippen LogP contribution is -2.37. The number of amides is 1. The summed E-state index contributed by atoms with van der Waals surface area (Å²) in [5.41, 5.74) is 3.64. The molecule has 0 aromatic heterocycles. The van der Waals surface area contributed by atoms with Crippen molar-refractivity contribution in [1.82, 2.24) is 0 Å². The van der Waals surface area contributed by atoms with Crippen LogP contribution in [0.1, 0.15) is 30.4 Å². The molecule has 2 aromatic rings. The van der Waals surface area contributed by atoms with Crippen LogP contribution in [0, 0.1) is 0 Å². The molecule has 0 saturated heterocycles. The van der Waals surface area contributed by atoms with E-state index in [1.807, 2.05) is 24.3 Å². The van der Waals surface area contributed by atoms with Crippen molar-refractivity contribution in [1.29, 1.82) is 0 Å². The standard InChI is InChI=1S/C24H25NO6/c1-5-14-6-8-15(9-7-14)25-18-13-31-24(27)23(18)17(11-22(25)26)16-10-20(29-3)21(30-4)12-19(16)28-2/h6-10,12,17H,5,11,13H2,1-4H3/t17-/m0/s1. The van der Waals surface area contributed by atoms with Crippen molar-refractivity contribution in [2.24, 2.45) is 0 Å². The Bertz CT molecular complexity index is 1060. The van der Waals surface area contributed by atoms with Gasteiger partial charge >= 0.3 is 5.97 Å². The molecule has 2 heterocycles. The third kappa shape index (κ3) is 3.50. The van der Waals surface area contributed by atoms with Crippen LogP contribution in [0.5, 0.6) is 17.2 Å². The van der Waals surface area contributed by atoms with Crippen LogP contribution in [0.25, 0.3) is 0 Å². The molecule has 0 spiro atoms. The summed E-state index contributed by atoms with van der Waals surface area (Å²) >= 11 is 0. The van der Waals surface area contributed by atoms with E-state index in [-0.39, 0.29) is 18.9 Å². The number of hydrogen-bond donors (Lipinski definition) is 0. The largest absolute Gasteiger partial charge is 0.496 e. The zero-order valence-electron chi connectivity index (χ0n) is 18.1. The van der Waals surface area contributed by atoms with Crippen LogP contribution in [-0.2, 0) is 20.7 Å². The molecule has 2 aromatic carbocycles. The summed E-state index contributed by atoms with van der Waals surface area (Å²) in [4.78, 5) is 27.6. The van der Waals surface area contributed by atoms with E-state index in [1.54, 1.807) is 24.1 Å². The molecular formula is C24H25NO6. The average Bonchev–Trinajstić information content (AvgIpc) is 3.18. The van der Waals surface area contributed by atoms with Crippen molar-refractivity contribution >= 4 is 17.6 Å². The predicted molar refractivity (Wildman–Crippen MR) is 115 cm³/mol. The number of anilines is 1. The Kier molecular flexibility index (Phi) is 5.59. The smallest absolute Gasteiger partial charge is 0.336 e. The molecule has 1 amide bonds. The molecule has 162 valence electrons. The lowest BCUT2D eigenvalue weighted by molar-refractivity contribution is -0.136. The number of carbonyl (C=O) groups is 2. The molecule has 7 heteroatoms. The monoisotopic (exact) mass is 423 g/mol. The van der Waals surface area contributed by atoms with E-state index < -0.39 is 11.9 Å². The molecule has 2 aliphatic rings. The summed E-state index contributed by atoms with van der Waals surface area (Å²) in [6.07, 6.45) is 1.01. The van der Waals surface area contributed by atoms with Crippen LogP contribution in [0.2, 0.25) is 0 Å². The number of cyclic esters (lactones) is 1. The fourth-order valence-corrected chi connectivity index (χ4v) is 4.23. The zero-order chi connectivity index (χ0) is 22.1. The van der Waals surface area contributed by atoms with Gasteiger partial charge in [-0.15, -0.1) is 0 Å². The fraction of sp³-hybridized carbons (Fsp3) is 0.333. The third-order valence-corrected chi connectivity index (χ3v) is 5.83. The molecule has 2 aliphatic heterocycles. The van der Waals surface area contributed by atoms with Gasteiger partial charge in [0.05, 0.1) is 32.6 Å². The van der Waals surface area contributed by atoms with Crippen LogP contribution in [-0.4, -0.2) is 39.8 Å². The molecule has 0 saturated carbocycles. The first-order valence-corrected chi connectivity index (χ1v) is 10.1. The van der Waals surface area contributed by atoms with E-state index in [9.17, 15) is 9.59 Å². The van der Waals surface area contributed by atoms with Crippen molar-refractivity contribution in [2.75, 3.05) is 32.8 Å². The summed E-state index contributed by atoms with van der Waals surface area (Å²) < 4.78 is 21.7. The Morgan fingerprint density at radius 1 is 0.968 bits per heavy atom. The Balaban J connectivity index is 1.84. The number of nitrogens with zero attached hydrogens (tertiary/aromatic N) is 1. The summed E-state index contributed by atoms with van der Waals surface area (Å²) in [7, 11) is 4.62. The second-order valence-corrected chi connectivity index (χ2v) is 7.39. The number of carbonyl (C=O) groups excluding carboxylic acids is 2. The summed E-state index contributed by atoms with van der Waals surface area (Å²) in [6.45, 7) is 2.13. The zero-order valence-corrected chi connectivity index (χ0v) is 18.1. The number of hydrogen-bond acceptors (Lipinski definition) is 6. The normalized spacial score (nSPS) is 18.1. The highest BCUT2D eigenvalue weighted by Gasteiger charge is 2.44. The molecule has 0 unspecified atom stereocenters. The summed E-state index contributed by atoms with van der Waals surface area (Å²) in [5.74, 6) is 0.492. The van der Waals surface area contributed by atoms with Gasteiger partial charge in [0.1, 0.15) is 12.4 Å². The Hall–Kier alpha value is -3.48. The molecule has 0 radical (unpaired) electrons. The third-order valence-electron chi connectivity index (χ3n) is 5.83. The average molecular weight is 423 g/mol. The molecule has 1 atom stereocenters. The van der Waals surface area contributed by atoms with E-state index >= 15 is 0 Å². The first-order chi connectivity index (χ1) is 15.0. The van der Waals surface area contributed by atoms with Crippen molar-refractivity contribution in [2.45, 2.75) is 25.7 Å². The lowest BCUT2D eigenvalue weighted by atomic mass is 9.83. The van der Waals surface area contributed by atoms with Gasteiger partial charge in [-0.2, -0.15) is 0 Å².